The van der Waals surface area contributed by atoms with E-state index in [1.165, 1.54) is 36.3 Å². The van der Waals surface area contributed by atoms with E-state index in [9.17, 15) is 0 Å². The number of hydrogen-bond acceptors (Lipinski definition) is 3. The molecular formula is C11H18OS2. The van der Waals surface area contributed by atoms with E-state index in [2.05, 4.69) is 12.6 Å². The molecule has 0 aliphatic rings. The number of furan rings is 1. The predicted octanol–water partition coefficient (Wildman–Crippen LogP) is 4.17. The SMILES string of the molecule is Cc1occc1SCCCCCCS. The molecule has 0 N–H and O–H groups in total. The number of unbranched alkanes of at least 4 members (excludes halogenated alkanes) is 3. The van der Waals surface area contributed by atoms with Crippen molar-refractivity contribution in [1.29, 1.82) is 0 Å². The first-order chi connectivity index (χ1) is 6.84. The normalized spacial score (nSPS) is 10.7. The second kappa shape index (κ2) is 7.30. The average Bonchev–Trinajstić information content (AvgIpc) is 2.58. The Bertz CT molecular complexity index is 245. The smallest absolute Gasteiger partial charge is 0.114 e. The molecule has 0 spiro atoms. The van der Waals surface area contributed by atoms with Crippen LogP contribution in [0.1, 0.15) is 31.4 Å². The van der Waals surface area contributed by atoms with Crippen molar-refractivity contribution in [2.24, 2.45) is 0 Å². The Morgan fingerprint density at radius 3 is 2.71 bits per heavy atom. The van der Waals surface area contributed by atoms with E-state index in [0.29, 0.717) is 0 Å². The van der Waals surface area contributed by atoms with Crippen molar-refractivity contribution in [3.63, 3.8) is 0 Å². The van der Waals surface area contributed by atoms with Gasteiger partial charge in [0.1, 0.15) is 5.76 Å². The van der Waals surface area contributed by atoms with E-state index in [4.69, 9.17) is 4.42 Å². The highest BCUT2D eigenvalue weighted by molar-refractivity contribution is 7.99. The third-order valence-corrected chi connectivity index (χ3v) is 3.66. The van der Waals surface area contributed by atoms with Crippen LogP contribution in [0.3, 0.4) is 0 Å². The minimum Gasteiger partial charge on any atom is -0.468 e. The van der Waals surface area contributed by atoms with E-state index in [1.807, 2.05) is 24.8 Å². The van der Waals surface area contributed by atoms with Crippen LogP contribution in [0, 0.1) is 6.92 Å². The summed E-state index contributed by atoms with van der Waals surface area (Å²) in [7, 11) is 0. The summed E-state index contributed by atoms with van der Waals surface area (Å²) in [6.45, 7) is 2.02. The van der Waals surface area contributed by atoms with Crippen LogP contribution < -0.4 is 0 Å². The van der Waals surface area contributed by atoms with Gasteiger partial charge in [0.25, 0.3) is 0 Å². The van der Waals surface area contributed by atoms with Gasteiger partial charge in [0.05, 0.1) is 6.26 Å². The Kier molecular flexibility index (Phi) is 6.28. The Morgan fingerprint density at radius 1 is 1.29 bits per heavy atom. The summed E-state index contributed by atoms with van der Waals surface area (Å²) in [4.78, 5) is 1.29. The molecule has 0 aliphatic heterocycles. The van der Waals surface area contributed by atoms with E-state index in [0.717, 1.165) is 11.5 Å². The van der Waals surface area contributed by atoms with E-state index >= 15 is 0 Å². The zero-order chi connectivity index (χ0) is 10.2. The van der Waals surface area contributed by atoms with Crippen molar-refractivity contribution in [3.05, 3.63) is 18.1 Å². The van der Waals surface area contributed by atoms with Crippen molar-refractivity contribution in [2.45, 2.75) is 37.5 Å². The van der Waals surface area contributed by atoms with Gasteiger partial charge in [-0.2, -0.15) is 12.6 Å². The summed E-state index contributed by atoms with van der Waals surface area (Å²) < 4.78 is 5.23. The molecule has 0 saturated heterocycles. The highest BCUT2D eigenvalue weighted by Gasteiger charge is 2.00. The maximum absolute atomic E-state index is 5.23. The molecule has 0 saturated carbocycles. The standard InChI is InChI=1S/C11H18OS2/c1-10-11(6-7-12-10)14-9-5-3-2-4-8-13/h6-7,13H,2-5,8-9H2,1H3. The Hall–Kier alpha value is -0.0200. The molecule has 0 atom stereocenters. The highest BCUT2D eigenvalue weighted by Crippen LogP contribution is 2.24. The first kappa shape index (κ1) is 12.1. The molecule has 1 aromatic rings. The van der Waals surface area contributed by atoms with E-state index < -0.39 is 0 Å². The van der Waals surface area contributed by atoms with Gasteiger partial charge in [-0.15, -0.1) is 11.8 Å². The van der Waals surface area contributed by atoms with Gasteiger partial charge < -0.3 is 4.42 Å². The third kappa shape index (κ3) is 4.47. The molecule has 3 heteroatoms. The Balaban J connectivity index is 2.02. The quantitative estimate of drug-likeness (QED) is 0.429. The molecule has 0 bridgehead atoms. The van der Waals surface area contributed by atoms with Crippen LogP contribution in [0.5, 0.6) is 0 Å². The summed E-state index contributed by atoms with van der Waals surface area (Å²) in [5, 5.41) is 0. The van der Waals surface area contributed by atoms with Gasteiger partial charge >= 0.3 is 0 Å². The van der Waals surface area contributed by atoms with Crippen LogP contribution >= 0.6 is 24.4 Å². The minimum absolute atomic E-state index is 1.02. The first-order valence-electron chi connectivity index (χ1n) is 5.12. The van der Waals surface area contributed by atoms with E-state index in [-0.39, 0.29) is 0 Å². The van der Waals surface area contributed by atoms with E-state index in [1.54, 1.807) is 6.26 Å². The topological polar surface area (TPSA) is 13.1 Å². The fourth-order valence-electron chi connectivity index (χ4n) is 1.27. The fraction of sp³-hybridized carbons (Fsp3) is 0.636. The molecule has 80 valence electrons. The lowest BCUT2D eigenvalue weighted by Crippen LogP contribution is -1.83. The predicted molar refractivity (Wildman–Crippen MR) is 66.5 cm³/mol. The summed E-state index contributed by atoms with van der Waals surface area (Å²) in [5.74, 6) is 3.27. The van der Waals surface area contributed by atoms with Crippen molar-refractivity contribution in [2.75, 3.05) is 11.5 Å². The molecule has 0 unspecified atom stereocenters. The summed E-state index contributed by atoms with van der Waals surface area (Å²) in [6.07, 6.45) is 6.94. The Morgan fingerprint density at radius 2 is 2.07 bits per heavy atom. The molecule has 0 amide bonds. The molecule has 0 fully saturated rings. The number of thioether (sulfide) groups is 1. The molecule has 1 heterocycles. The molecule has 1 rings (SSSR count). The lowest BCUT2D eigenvalue weighted by Gasteiger charge is -1.99. The number of rotatable bonds is 7. The van der Waals surface area contributed by atoms with Crippen molar-refractivity contribution >= 4 is 24.4 Å². The maximum atomic E-state index is 5.23. The van der Waals surface area contributed by atoms with Crippen LogP contribution in [-0.2, 0) is 0 Å². The van der Waals surface area contributed by atoms with Crippen molar-refractivity contribution < 1.29 is 4.42 Å². The summed E-state index contributed by atoms with van der Waals surface area (Å²) >= 11 is 6.09. The largest absolute Gasteiger partial charge is 0.468 e. The molecule has 14 heavy (non-hydrogen) atoms. The van der Waals surface area contributed by atoms with Crippen molar-refractivity contribution in [3.8, 4) is 0 Å². The van der Waals surface area contributed by atoms with Crippen molar-refractivity contribution in [1.82, 2.24) is 0 Å². The molecule has 1 aromatic heterocycles. The van der Waals surface area contributed by atoms with Gasteiger partial charge in [-0.1, -0.05) is 12.8 Å². The number of hydrogen-bond donors (Lipinski definition) is 1. The van der Waals surface area contributed by atoms with Gasteiger partial charge in [-0.05, 0) is 37.3 Å². The Labute approximate surface area is 96.1 Å². The zero-order valence-corrected chi connectivity index (χ0v) is 10.4. The fourth-order valence-corrected chi connectivity index (χ4v) is 2.47. The number of aryl methyl sites for hydroxylation is 1. The minimum atomic E-state index is 1.02. The van der Waals surface area contributed by atoms with Crippen LogP contribution in [0.2, 0.25) is 0 Å². The first-order valence-corrected chi connectivity index (χ1v) is 6.74. The van der Waals surface area contributed by atoms with Gasteiger partial charge in [0, 0.05) is 4.90 Å². The third-order valence-electron chi connectivity index (χ3n) is 2.12. The molecule has 1 nitrogen and oxygen atoms in total. The average molecular weight is 230 g/mol. The molecule has 0 aromatic carbocycles. The second-order valence-corrected chi connectivity index (χ2v) is 4.91. The monoisotopic (exact) mass is 230 g/mol. The molecule has 0 radical (unpaired) electrons. The van der Waals surface area contributed by atoms with Gasteiger partial charge in [-0.3, -0.25) is 0 Å². The van der Waals surface area contributed by atoms with Gasteiger partial charge in [0.15, 0.2) is 0 Å². The maximum Gasteiger partial charge on any atom is 0.114 e. The zero-order valence-electron chi connectivity index (χ0n) is 8.66. The second-order valence-electron chi connectivity index (χ2n) is 3.33. The lowest BCUT2D eigenvalue weighted by atomic mass is 10.2. The van der Waals surface area contributed by atoms with Crippen LogP contribution in [0.4, 0.5) is 0 Å². The van der Waals surface area contributed by atoms with Crippen LogP contribution in [0.15, 0.2) is 21.6 Å². The molecular weight excluding hydrogens is 212 g/mol. The van der Waals surface area contributed by atoms with Gasteiger partial charge in [-0.25, -0.2) is 0 Å². The summed E-state index contributed by atoms with van der Waals surface area (Å²) in [6, 6.07) is 2.05. The molecule has 0 aliphatic carbocycles. The number of thiol groups is 1. The van der Waals surface area contributed by atoms with Crippen LogP contribution in [0.25, 0.3) is 0 Å². The summed E-state index contributed by atoms with van der Waals surface area (Å²) in [5.41, 5.74) is 0. The lowest BCUT2D eigenvalue weighted by molar-refractivity contribution is 0.527. The highest BCUT2D eigenvalue weighted by atomic mass is 32.2. The van der Waals surface area contributed by atoms with Crippen LogP contribution in [-0.4, -0.2) is 11.5 Å². The van der Waals surface area contributed by atoms with Gasteiger partial charge in [0.2, 0.25) is 0 Å².